The Kier molecular flexibility index (Phi) is 7.35. The fraction of sp³-hybridized carbons (Fsp3) is 0.618. The highest BCUT2D eigenvalue weighted by Crippen LogP contribution is 2.70. The Hall–Kier alpha value is -4.33. The van der Waals surface area contributed by atoms with Crippen molar-refractivity contribution in [1.29, 1.82) is 0 Å². The lowest BCUT2D eigenvalue weighted by Gasteiger charge is -2.72. The lowest BCUT2D eigenvalue weighted by atomic mass is 9.36. The maximum atomic E-state index is 14.5. The maximum absolute atomic E-state index is 14.5. The number of methoxy groups -OCH3 is 1. The Balaban J connectivity index is 1.15. The summed E-state index contributed by atoms with van der Waals surface area (Å²) >= 11 is 0. The zero-order valence-corrected chi connectivity index (χ0v) is 28.1. The zero-order chi connectivity index (χ0) is 33.4. The van der Waals surface area contributed by atoms with Gasteiger partial charge in [0.15, 0.2) is 22.6 Å². The van der Waals surface area contributed by atoms with Crippen LogP contribution in [-0.2, 0) is 22.5 Å². The molecular formula is C34H43N9O5. The van der Waals surface area contributed by atoms with Crippen molar-refractivity contribution in [2.75, 3.05) is 38.3 Å². The van der Waals surface area contributed by atoms with E-state index in [9.17, 15) is 14.4 Å². The number of carbonyl (C=O) groups is 2. The number of rotatable bonds is 9. The topological polar surface area (TPSA) is 150 Å². The van der Waals surface area contributed by atoms with Gasteiger partial charge in [0.1, 0.15) is 18.6 Å². The highest BCUT2D eigenvalue weighted by atomic mass is 16.5. The minimum Gasteiger partial charge on any atom is -0.493 e. The van der Waals surface area contributed by atoms with Gasteiger partial charge in [-0.05, 0) is 55.9 Å². The molecule has 9 rings (SSSR count). The van der Waals surface area contributed by atoms with Gasteiger partial charge in [0, 0.05) is 36.8 Å². The van der Waals surface area contributed by atoms with E-state index in [1.807, 2.05) is 22.5 Å². The SMILES string of the molecule is CCc1c(N2CCN(C(=O)c3ncncc3OC)[C@H]3CC[C@@H]32)c(=O)c2nn(C3=CCOCC3)nc2n1CC(=O)NC12CC(C(C)C)(C1)C2. The number of nitrogens with one attached hydrogen (secondary N) is 1. The van der Waals surface area contributed by atoms with Gasteiger partial charge in [-0.3, -0.25) is 14.4 Å². The molecule has 4 aliphatic carbocycles. The molecule has 1 saturated heterocycles. The summed E-state index contributed by atoms with van der Waals surface area (Å²) in [6.45, 7) is 8.46. The summed E-state index contributed by atoms with van der Waals surface area (Å²) in [5, 5.41) is 12.9. The van der Waals surface area contributed by atoms with Crippen molar-refractivity contribution >= 4 is 34.4 Å². The van der Waals surface area contributed by atoms with Crippen LogP contribution in [0.2, 0.25) is 0 Å². The van der Waals surface area contributed by atoms with Crippen molar-refractivity contribution in [1.82, 2.24) is 39.7 Å². The van der Waals surface area contributed by atoms with Crippen molar-refractivity contribution in [2.24, 2.45) is 11.3 Å². The monoisotopic (exact) mass is 657 g/mol. The van der Waals surface area contributed by atoms with Gasteiger partial charge in [-0.1, -0.05) is 20.8 Å². The van der Waals surface area contributed by atoms with Gasteiger partial charge in [-0.25, -0.2) is 9.97 Å². The third-order valence-electron chi connectivity index (χ3n) is 11.6. The van der Waals surface area contributed by atoms with Crippen LogP contribution in [0.5, 0.6) is 5.75 Å². The second-order valence-electron chi connectivity index (χ2n) is 14.5. The van der Waals surface area contributed by atoms with Gasteiger partial charge in [0.05, 0.1) is 38.3 Å². The van der Waals surface area contributed by atoms with E-state index in [4.69, 9.17) is 19.7 Å². The van der Waals surface area contributed by atoms with Crippen LogP contribution in [0, 0.1) is 11.3 Å². The Morgan fingerprint density at radius 3 is 2.60 bits per heavy atom. The number of piperazine rings is 1. The van der Waals surface area contributed by atoms with Gasteiger partial charge in [0.2, 0.25) is 11.3 Å². The number of nitrogens with zero attached hydrogens (tertiary/aromatic N) is 8. The molecule has 2 aliphatic heterocycles. The second kappa shape index (κ2) is 11.4. The predicted octanol–water partition coefficient (Wildman–Crippen LogP) is 2.40. The number of carbonyl (C=O) groups excluding carboxylic acids is 2. The number of hydrogen-bond donors (Lipinski definition) is 1. The molecule has 2 bridgehead atoms. The van der Waals surface area contributed by atoms with Gasteiger partial charge in [-0.2, -0.15) is 4.80 Å². The van der Waals surface area contributed by atoms with Crippen LogP contribution >= 0.6 is 0 Å². The van der Waals surface area contributed by atoms with Gasteiger partial charge < -0.3 is 29.2 Å². The first-order valence-electron chi connectivity index (χ1n) is 17.2. The van der Waals surface area contributed by atoms with Crippen LogP contribution in [0.15, 0.2) is 23.4 Å². The molecule has 0 spiro atoms. The molecule has 14 nitrogen and oxygen atoms in total. The van der Waals surface area contributed by atoms with Gasteiger partial charge >= 0.3 is 0 Å². The Labute approximate surface area is 278 Å². The summed E-state index contributed by atoms with van der Waals surface area (Å²) < 4.78 is 12.8. The van der Waals surface area contributed by atoms with E-state index in [1.165, 1.54) is 24.4 Å². The fourth-order valence-corrected chi connectivity index (χ4v) is 8.90. The Morgan fingerprint density at radius 2 is 1.94 bits per heavy atom. The van der Waals surface area contributed by atoms with E-state index < -0.39 is 0 Å². The maximum Gasteiger partial charge on any atom is 0.276 e. The normalized spacial score (nSPS) is 27.5. The standard InChI is InChI=1S/C34H43N9O5/c1-5-22-29(40-10-11-41(24-7-6-23(24)40)32(46)27-25(47-4)14-35-19-36-27)30(45)28-31(39-43(38-28)21-8-12-48-13-9-21)42(22)15-26(44)37-34-16-33(17-34,18-34)20(2)3/h8,14,19-20,23-24H,5-7,9-13,15-18H2,1-4H3,(H,37,44)/t23-,24-,33?,34?/m0/s1. The average molecular weight is 658 g/mol. The second-order valence-corrected chi connectivity index (χ2v) is 14.5. The third kappa shape index (κ3) is 4.66. The van der Waals surface area contributed by atoms with E-state index in [-0.39, 0.29) is 52.6 Å². The third-order valence-corrected chi connectivity index (χ3v) is 11.6. The minimum atomic E-state index is -0.204. The molecule has 0 radical (unpaired) electrons. The van der Waals surface area contributed by atoms with Crippen LogP contribution in [-0.4, -0.2) is 97.3 Å². The molecule has 5 heterocycles. The first-order valence-corrected chi connectivity index (χ1v) is 17.2. The van der Waals surface area contributed by atoms with E-state index in [1.54, 1.807) is 0 Å². The Bertz CT molecular complexity index is 1880. The fourth-order valence-electron chi connectivity index (χ4n) is 8.90. The van der Waals surface area contributed by atoms with Crippen LogP contribution in [0.25, 0.3) is 16.9 Å². The van der Waals surface area contributed by atoms with Crippen molar-refractivity contribution < 1.29 is 19.1 Å². The molecule has 3 aromatic heterocycles. The van der Waals surface area contributed by atoms with Crippen molar-refractivity contribution in [3.8, 4) is 5.75 Å². The number of anilines is 1. The van der Waals surface area contributed by atoms with Gasteiger partial charge in [0.25, 0.3) is 5.91 Å². The molecule has 254 valence electrons. The van der Waals surface area contributed by atoms with Crippen molar-refractivity contribution in [3.05, 3.63) is 40.2 Å². The first kappa shape index (κ1) is 31.0. The number of fused-ring (bicyclic) bond motifs is 2. The molecule has 6 aliphatic rings. The van der Waals surface area contributed by atoms with Gasteiger partial charge in [-0.15, -0.1) is 10.2 Å². The Morgan fingerprint density at radius 1 is 1.15 bits per heavy atom. The molecular weight excluding hydrogens is 614 g/mol. The van der Waals surface area contributed by atoms with Crippen molar-refractivity contribution in [3.63, 3.8) is 0 Å². The van der Waals surface area contributed by atoms with Crippen molar-refractivity contribution in [2.45, 2.75) is 89.9 Å². The largest absolute Gasteiger partial charge is 0.493 e. The smallest absolute Gasteiger partial charge is 0.276 e. The molecule has 48 heavy (non-hydrogen) atoms. The first-order chi connectivity index (χ1) is 23.2. The summed E-state index contributed by atoms with van der Waals surface area (Å²) in [7, 11) is 1.50. The molecule has 2 atom stereocenters. The van der Waals surface area contributed by atoms with Crippen LogP contribution < -0.4 is 20.4 Å². The number of aromatic nitrogens is 6. The average Bonchev–Trinajstić information content (AvgIpc) is 3.49. The van der Waals surface area contributed by atoms with E-state index in [0.29, 0.717) is 67.6 Å². The molecule has 2 amide bonds. The number of hydrogen-bond acceptors (Lipinski definition) is 10. The lowest BCUT2D eigenvalue weighted by Crippen LogP contribution is -2.76. The molecule has 4 saturated carbocycles. The zero-order valence-electron chi connectivity index (χ0n) is 28.1. The summed E-state index contributed by atoms with van der Waals surface area (Å²) in [6, 6.07) is -0.155. The highest BCUT2D eigenvalue weighted by molar-refractivity contribution is 5.95. The molecule has 14 heteroatoms. The summed E-state index contributed by atoms with van der Waals surface area (Å²) in [4.78, 5) is 55.7. The van der Waals surface area contributed by atoms with E-state index in [2.05, 4.69) is 34.0 Å². The molecule has 1 N–H and O–H groups in total. The van der Waals surface area contributed by atoms with E-state index in [0.717, 1.165) is 43.5 Å². The molecule has 0 unspecified atom stereocenters. The number of ether oxygens (including phenoxy) is 2. The number of amides is 2. The minimum absolute atomic E-state index is 0.0459. The highest BCUT2D eigenvalue weighted by Gasteiger charge is 2.69. The molecule has 0 aromatic carbocycles. The summed E-state index contributed by atoms with van der Waals surface area (Å²) in [5.74, 6) is 0.659. The number of pyridine rings is 1. The van der Waals surface area contributed by atoms with Crippen LogP contribution in [0.1, 0.15) is 75.5 Å². The van der Waals surface area contributed by atoms with Crippen LogP contribution in [0.4, 0.5) is 5.69 Å². The summed E-state index contributed by atoms with van der Waals surface area (Å²) in [6.07, 6.45) is 10.6. The quantitative estimate of drug-likeness (QED) is 0.364. The summed E-state index contributed by atoms with van der Waals surface area (Å²) in [5.41, 5.74) is 3.12. The van der Waals surface area contributed by atoms with Crippen LogP contribution in [0.3, 0.4) is 0 Å². The molecule has 3 aromatic rings. The lowest BCUT2D eigenvalue weighted by molar-refractivity contribution is -0.187. The predicted molar refractivity (Wildman–Crippen MR) is 177 cm³/mol. The molecule has 5 fully saturated rings. The van der Waals surface area contributed by atoms with E-state index >= 15 is 0 Å².